The summed E-state index contributed by atoms with van der Waals surface area (Å²) in [4.78, 5) is 4.59. The van der Waals surface area contributed by atoms with Crippen LogP contribution in [0.1, 0.15) is 72.1 Å². The fourth-order valence-electron chi connectivity index (χ4n) is 2.12. The van der Waals surface area contributed by atoms with Crippen molar-refractivity contribution < 1.29 is 4.74 Å². The van der Waals surface area contributed by atoms with E-state index >= 15 is 0 Å². The Morgan fingerprint density at radius 3 is 2.09 bits per heavy atom. The van der Waals surface area contributed by atoms with E-state index in [0.717, 1.165) is 11.3 Å². The molecule has 0 aliphatic heterocycles. The zero-order chi connectivity index (χ0) is 17.1. The largest absolute Gasteiger partial charge is 0.489 e. The number of benzene rings is 1. The SMILES string of the molecule is Cc1ccc(C(C)(C)C)c(OC(C)C(C)C)c1/C=N/C(C)C. The number of ether oxygens (including phenoxy) is 1. The molecule has 0 spiro atoms. The molecule has 2 heteroatoms. The van der Waals surface area contributed by atoms with Crippen molar-refractivity contribution in [1.29, 1.82) is 0 Å². The highest BCUT2D eigenvalue weighted by atomic mass is 16.5. The molecule has 0 saturated carbocycles. The van der Waals surface area contributed by atoms with Crippen molar-refractivity contribution >= 4 is 6.21 Å². The molecule has 0 fully saturated rings. The zero-order valence-electron chi connectivity index (χ0n) is 15.8. The fourth-order valence-corrected chi connectivity index (χ4v) is 2.12. The van der Waals surface area contributed by atoms with Gasteiger partial charge in [0, 0.05) is 23.4 Å². The first-order chi connectivity index (χ1) is 10.0. The van der Waals surface area contributed by atoms with E-state index in [2.05, 4.69) is 79.4 Å². The lowest BCUT2D eigenvalue weighted by Gasteiger charge is -2.28. The predicted molar refractivity (Wildman–Crippen MR) is 97.5 cm³/mol. The molecular weight excluding hydrogens is 270 g/mol. The molecule has 22 heavy (non-hydrogen) atoms. The van der Waals surface area contributed by atoms with Crippen LogP contribution in [0.2, 0.25) is 0 Å². The van der Waals surface area contributed by atoms with E-state index in [1.165, 1.54) is 11.1 Å². The average Bonchev–Trinajstić information content (AvgIpc) is 2.36. The lowest BCUT2D eigenvalue weighted by Crippen LogP contribution is -2.23. The number of rotatable bonds is 5. The summed E-state index contributed by atoms with van der Waals surface area (Å²) in [6, 6.07) is 4.66. The van der Waals surface area contributed by atoms with Crippen LogP contribution in [0.15, 0.2) is 17.1 Å². The van der Waals surface area contributed by atoms with Gasteiger partial charge in [-0.3, -0.25) is 4.99 Å². The van der Waals surface area contributed by atoms with Gasteiger partial charge in [-0.1, -0.05) is 46.8 Å². The number of nitrogens with zero attached hydrogens (tertiary/aromatic N) is 1. The van der Waals surface area contributed by atoms with Gasteiger partial charge in [-0.15, -0.1) is 0 Å². The van der Waals surface area contributed by atoms with Gasteiger partial charge < -0.3 is 4.74 Å². The summed E-state index contributed by atoms with van der Waals surface area (Å²) in [5, 5.41) is 0. The van der Waals surface area contributed by atoms with Crippen molar-refractivity contribution in [3.05, 3.63) is 28.8 Å². The minimum Gasteiger partial charge on any atom is -0.489 e. The van der Waals surface area contributed by atoms with Gasteiger partial charge >= 0.3 is 0 Å². The minimum atomic E-state index is 0.0418. The average molecular weight is 303 g/mol. The van der Waals surface area contributed by atoms with Gasteiger partial charge in [-0.25, -0.2) is 0 Å². The highest BCUT2D eigenvalue weighted by Crippen LogP contribution is 2.36. The third kappa shape index (κ3) is 4.86. The topological polar surface area (TPSA) is 21.6 Å². The number of aryl methyl sites for hydroxylation is 1. The highest BCUT2D eigenvalue weighted by Gasteiger charge is 2.24. The van der Waals surface area contributed by atoms with E-state index in [4.69, 9.17) is 4.74 Å². The van der Waals surface area contributed by atoms with Gasteiger partial charge in [0.1, 0.15) is 5.75 Å². The number of aliphatic imine (C=N–C) groups is 1. The van der Waals surface area contributed by atoms with Crippen LogP contribution < -0.4 is 4.74 Å². The maximum absolute atomic E-state index is 6.39. The van der Waals surface area contributed by atoms with Gasteiger partial charge in [0.2, 0.25) is 0 Å². The van der Waals surface area contributed by atoms with Crippen LogP contribution in [0, 0.1) is 12.8 Å². The summed E-state index contributed by atoms with van der Waals surface area (Å²) in [5.74, 6) is 1.47. The molecule has 1 rings (SSSR count). The molecule has 2 nitrogen and oxygen atoms in total. The van der Waals surface area contributed by atoms with Gasteiger partial charge in [0.15, 0.2) is 0 Å². The Morgan fingerprint density at radius 1 is 1.05 bits per heavy atom. The Labute approximate surface area is 137 Å². The molecule has 0 N–H and O–H groups in total. The lowest BCUT2D eigenvalue weighted by molar-refractivity contribution is 0.166. The Bertz CT molecular complexity index is 521. The second kappa shape index (κ2) is 7.30. The van der Waals surface area contributed by atoms with E-state index < -0.39 is 0 Å². The summed E-state index contributed by atoms with van der Waals surface area (Å²) in [5.41, 5.74) is 3.62. The van der Waals surface area contributed by atoms with Crippen molar-refractivity contribution in [3.8, 4) is 5.75 Å². The summed E-state index contributed by atoms with van der Waals surface area (Å²) in [7, 11) is 0. The summed E-state index contributed by atoms with van der Waals surface area (Å²) < 4.78 is 6.39. The normalized spacial score (nSPS) is 14.1. The summed E-state index contributed by atoms with van der Waals surface area (Å²) >= 11 is 0. The van der Waals surface area contributed by atoms with Crippen LogP contribution in [0.4, 0.5) is 0 Å². The third-order valence-electron chi connectivity index (χ3n) is 3.97. The van der Waals surface area contributed by atoms with E-state index in [1.54, 1.807) is 0 Å². The monoisotopic (exact) mass is 303 g/mol. The van der Waals surface area contributed by atoms with Crippen LogP contribution >= 0.6 is 0 Å². The first kappa shape index (κ1) is 18.7. The van der Waals surface area contributed by atoms with E-state index in [-0.39, 0.29) is 17.6 Å². The Morgan fingerprint density at radius 2 is 1.64 bits per heavy atom. The molecule has 1 aromatic carbocycles. The smallest absolute Gasteiger partial charge is 0.132 e. The predicted octanol–water partition coefficient (Wildman–Crippen LogP) is 5.54. The van der Waals surface area contributed by atoms with Crippen LogP contribution in [0.25, 0.3) is 0 Å². The third-order valence-corrected chi connectivity index (χ3v) is 3.97. The van der Waals surface area contributed by atoms with Crippen molar-refractivity contribution in [2.75, 3.05) is 0 Å². The van der Waals surface area contributed by atoms with Gasteiger partial charge in [0.25, 0.3) is 0 Å². The molecule has 0 heterocycles. The summed E-state index contributed by atoms with van der Waals surface area (Å²) in [6.45, 7) is 19.5. The summed E-state index contributed by atoms with van der Waals surface area (Å²) in [6.07, 6.45) is 2.16. The first-order valence-corrected chi connectivity index (χ1v) is 8.38. The highest BCUT2D eigenvalue weighted by molar-refractivity contribution is 5.86. The molecule has 0 bridgehead atoms. The number of hydrogen-bond acceptors (Lipinski definition) is 2. The molecule has 0 saturated heterocycles. The standard InChI is InChI=1S/C20H33NO/c1-13(2)16(6)22-19-17(12-21-14(3)4)15(5)10-11-18(19)20(7,8)9/h10-14,16H,1-9H3/b21-12+. The maximum atomic E-state index is 6.39. The van der Waals surface area contributed by atoms with Crippen molar-refractivity contribution in [1.82, 2.24) is 0 Å². The fraction of sp³-hybridized carbons (Fsp3) is 0.650. The molecule has 0 amide bonds. The van der Waals surface area contributed by atoms with E-state index in [0.29, 0.717) is 5.92 Å². The Hall–Kier alpha value is -1.31. The molecule has 124 valence electrons. The first-order valence-electron chi connectivity index (χ1n) is 8.38. The molecule has 1 unspecified atom stereocenters. The van der Waals surface area contributed by atoms with Crippen LogP contribution in [0.3, 0.4) is 0 Å². The van der Waals surface area contributed by atoms with Gasteiger partial charge in [-0.05, 0) is 44.6 Å². The van der Waals surface area contributed by atoms with Gasteiger partial charge in [0.05, 0.1) is 6.10 Å². The quantitative estimate of drug-likeness (QED) is 0.654. The van der Waals surface area contributed by atoms with Crippen molar-refractivity contribution in [3.63, 3.8) is 0 Å². The van der Waals surface area contributed by atoms with Gasteiger partial charge in [-0.2, -0.15) is 0 Å². The zero-order valence-corrected chi connectivity index (χ0v) is 15.8. The van der Waals surface area contributed by atoms with Crippen molar-refractivity contribution in [2.24, 2.45) is 10.9 Å². The maximum Gasteiger partial charge on any atom is 0.132 e. The second-order valence-corrected chi connectivity index (χ2v) is 7.86. The molecule has 1 aromatic rings. The molecule has 1 atom stereocenters. The molecule has 0 radical (unpaired) electrons. The number of hydrogen-bond donors (Lipinski definition) is 0. The molecule has 0 aromatic heterocycles. The second-order valence-electron chi connectivity index (χ2n) is 7.86. The molecule has 0 aliphatic rings. The van der Waals surface area contributed by atoms with E-state index in [9.17, 15) is 0 Å². The van der Waals surface area contributed by atoms with E-state index in [1.807, 2.05) is 6.21 Å². The van der Waals surface area contributed by atoms with Crippen LogP contribution in [0.5, 0.6) is 5.75 Å². The van der Waals surface area contributed by atoms with Crippen molar-refractivity contribution in [2.45, 2.75) is 79.9 Å². The van der Waals surface area contributed by atoms with Crippen LogP contribution in [-0.2, 0) is 5.41 Å². The minimum absolute atomic E-state index is 0.0418. The molecular formula is C20H33NO. The Kier molecular flexibility index (Phi) is 6.22. The van der Waals surface area contributed by atoms with Crippen LogP contribution in [-0.4, -0.2) is 18.4 Å². The lowest BCUT2D eigenvalue weighted by atomic mass is 9.84. The Balaban J connectivity index is 3.45. The molecule has 0 aliphatic carbocycles.